The average molecular weight is 425 g/mol. The van der Waals surface area contributed by atoms with Crippen LogP contribution in [0.25, 0.3) is 0 Å². The third-order valence-corrected chi connectivity index (χ3v) is 15.4. The van der Waals surface area contributed by atoms with Gasteiger partial charge >= 0.3 is 101 Å². The molecule has 0 nitrogen and oxygen atoms in total. The van der Waals surface area contributed by atoms with Crippen molar-refractivity contribution in [3.8, 4) is 0 Å². The van der Waals surface area contributed by atoms with E-state index in [2.05, 4.69) is 20.8 Å². The molecule has 0 spiro atoms. The quantitative estimate of drug-likeness (QED) is 0.583. The first kappa shape index (κ1) is 16.6. The molecule has 74 valence electrons. The average Bonchev–Trinajstić information content (AvgIpc) is 2.09. The summed E-state index contributed by atoms with van der Waals surface area (Å²) in [7, 11) is 10.8. The first-order chi connectivity index (χ1) is 5.62. The van der Waals surface area contributed by atoms with Crippen molar-refractivity contribution in [1.29, 1.82) is 0 Å². The van der Waals surface area contributed by atoms with Gasteiger partial charge in [0.15, 0.2) is 0 Å². The van der Waals surface area contributed by atoms with E-state index in [-0.39, 0.29) is 0 Å². The van der Waals surface area contributed by atoms with Gasteiger partial charge in [0, 0.05) is 0 Å². The fourth-order valence-corrected chi connectivity index (χ4v) is 5.03. The first-order valence-corrected chi connectivity index (χ1v) is 19.9. The summed E-state index contributed by atoms with van der Waals surface area (Å²) in [6, 6.07) is 0. The SMILES string of the molecule is C[CH2][Sn]([CH2]C)[CH2]C.C[CH2][Sn]([Cl])[Cl]. The van der Waals surface area contributed by atoms with E-state index < -0.39 is 37.3 Å². The van der Waals surface area contributed by atoms with E-state index in [4.69, 9.17) is 17.8 Å². The molecule has 0 aromatic rings. The molecule has 0 atom stereocenters. The molecule has 4 heteroatoms. The zero-order valence-electron chi connectivity index (χ0n) is 8.58. The predicted molar refractivity (Wildman–Crippen MR) is 65.1 cm³/mol. The minimum absolute atomic E-state index is 0.653. The van der Waals surface area contributed by atoms with Gasteiger partial charge in [0.25, 0.3) is 0 Å². The maximum atomic E-state index is 5.42. The van der Waals surface area contributed by atoms with E-state index in [1.165, 1.54) is 0 Å². The molecule has 0 aliphatic heterocycles. The Balaban J connectivity index is 0. The zero-order valence-corrected chi connectivity index (χ0v) is 15.8. The van der Waals surface area contributed by atoms with Gasteiger partial charge in [-0.2, -0.15) is 0 Å². The van der Waals surface area contributed by atoms with Crippen LogP contribution in [-0.4, -0.2) is 37.3 Å². The second kappa shape index (κ2) is 13.2. The number of hydrogen-bond donors (Lipinski definition) is 0. The van der Waals surface area contributed by atoms with E-state index in [9.17, 15) is 0 Å². The van der Waals surface area contributed by atoms with Crippen LogP contribution >= 0.6 is 17.8 Å². The van der Waals surface area contributed by atoms with Gasteiger partial charge in [0.2, 0.25) is 0 Å². The van der Waals surface area contributed by atoms with Crippen molar-refractivity contribution in [2.75, 3.05) is 0 Å². The van der Waals surface area contributed by atoms with Crippen LogP contribution in [0.1, 0.15) is 27.7 Å². The first-order valence-electron chi connectivity index (χ1n) is 4.62. The molecule has 0 N–H and O–H groups in total. The molecule has 0 aliphatic carbocycles. The zero-order chi connectivity index (χ0) is 9.98. The third-order valence-electron chi connectivity index (χ3n) is 1.77. The molecule has 0 saturated carbocycles. The Labute approximate surface area is 99.3 Å². The van der Waals surface area contributed by atoms with Crippen LogP contribution in [0.4, 0.5) is 0 Å². The van der Waals surface area contributed by atoms with Gasteiger partial charge in [-0.3, -0.25) is 0 Å². The number of rotatable bonds is 4. The van der Waals surface area contributed by atoms with E-state index in [0.29, 0.717) is 0 Å². The van der Waals surface area contributed by atoms with Gasteiger partial charge in [-0.25, -0.2) is 0 Å². The van der Waals surface area contributed by atoms with Crippen molar-refractivity contribution in [2.45, 2.75) is 45.4 Å². The molecular weight excluding hydrogens is 404 g/mol. The van der Waals surface area contributed by atoms with E-state index >= 15 is 0 Å². The van der Waals surface area contributed by atoms with Crippen LogP contribution in [0.2, 0.25) is 17.7 Å². The fraction of sp³-hybridized carbons (Fsp3) is 1.00. The molecule has 0 aromatic carbocycles. The Kier molecular flexibility index (Phi) is 18.2. The minimum atomic E-state index is -1.64. The summed E-state index contributed by atoms with van der Waals surface area (Å²) in [4.78, 5) is 0. The van der Waals surface area contributed by atoms with Crippen LogP contribution < -0.4 is 0 Å². The molecule has 12 heavy (non-hydrogen) atoms. The summed E-state index contributed by atoms with van der Waals surface area (Å²) >= 11 is -2.29. The second-order valence-corrected chi connectivity index (χ2v) is 24.2. The molecule has 0 aliphatic rings. The normalized spacial score (nSPS) is 10.0. The van der Waals surface area contributed by atoms with Gasteiger partial charge in [-0.1, -0.05) is 0 Å². The fourth-order valence-electron chi connectivity index (χ4n) is 0.750. The van der Waals surface area contributed by atoms with Crippen molar-refractivity contribution >= 4 is 55.1 Å². The van der Waals surface area contributed by atoms with E-state index in [0.717, 1.165) is 4.44 Å². The molecule has 0 fully saturated rings. The van der Waals surface area contributed by atoms with Gasteiger partial charge in [-0.15, -0.1) is 0 Å². The van der Waals surface area contributed by atoms with Gasteiger partial charge in [-0.05, 0) is 0 Å². The van der Waals surface area contributed by atoms with Crippen molar-refractivity contribution in [1.82, 2.24) is 0 Å². The third kappa shape index (κ3) is 14.7. The van der Waals surface area contributed by atoms with Crippen LogP contribution in [0.5, 0.6) is 0 Å². The van der Waals surface area contributed by atoms with Gasteiger partial charge < -0.3 is 0 Å². The molecule has 0 unspecified atom stereocenters. The molecule has 0 saturated heterocycles. The Bertz CT molecular complexity index is 69.9. The standard InChI is InChI=1S/4C2H5.2ClH.2Sn/c4*1-2;;;;/h4*1H2,2H3;2*1H;;/q;;;;;;;+2/p-2. The monoisotopic (exact) mass is 426 g/mol. The van der Waals surface area contributed by atoms with Crippen molar-refractivity contribution in [3.63, 3.8) is 0 Å². The van der Waals surface area contributed by atoms with Crippen LogP contribution in [0, 0.1) is 0 Å². The van der Waals surface area contributed by atoms with Gasteiger partial charge in [0.1, 0.15) is 0 Å². The molecule has 0 rings (SSSR count). The number of hydrogen-bond acceptors (Lipinski definition) is 0. The number of halogens is 2. The Morgan fingerprint density at radius 3 is 1.00 bits per heavy atom. The van der Waals surface area contributed by atoms with Crippen molar-refractivity contribution in [2.24, 2.45) is 0 Å². The van der Waals surface area contributed by atoms with E-state index in [1.54, 1.807) is 13.3 Å². The topological polar surface area (TPSA) is 0 Å². The summed E-state index contributed by atoms with van der Waals surface area (Å²) in [5, 5.41) is 0. The second-order valence-electron chi connectivity index (χ2n) is 2.50. The molecule has 2 radical (unpaired) electrons. The predicted octanol–water partition coefficient (Wildman–Crippen LogP) is 4.51. The van der Waals surface area contributed by atoms with Crippen molar-refractivity contribution in [3.05, 3.63) is 0 Å². The Morgan fingerprint density at radius 2 is 1.00 bits per heavy atom. The molecular formula is C8H20Cl2Sn2. The summed E-state index contributed by atoms with van der Waals surface area (Å²) in [6.07, 6.45) is 0. The molecule has 0 amide bonds. The molecule has 0 aromatic heterocycles. The van der Waals surface area contributed by atoms with Gasteiger partial charge in [0.05, 0.1) is 0 Å². The molecule has 0 heterocycles. The summed E-state index contributed by atoms with van der Waals surface area (Å²) in [5.74, 6) is 0. The van der Waals surface area contributed by atoms with Crippen LogP contribution in [0.3, 0.4) is 0 Å². The summed E-state index contributed by atoms with van der Waals surface area (Å²) in [5.41, 5.74) is 0. The molecule has 0 bridgehead atoms. The Hall–Kier alpha value is 2.18. The summed E-state index contributed by atoms with van der Waals surface area (Å²) < 4.78 is 5.69. The van der Waals surface area contributed by atoms with Crippen LogP contribution in [0.15, 0.2) is 0 Å². The van der Waals surface area contributed by atoms with Crippen LogP contribution in [-0.2, 0) is 0 Å². The van der Waals surface area contributed by atoms with Crippen molar-refractivity contribution < 1.29 is 0 Å². The summed E-state index contributed by atoms with van der Waals surface area (Å²) in [6.45, 7) is 9.07. The Morgan fingerprint density at radius 1 is 0.750 bits per heavy atom. The van der Waals surface area contributed by atoms with E-state index in [1.807, 2.05) is 6.92 Å². The maximum absolute atomic E-state index is 5.42.